The molecule has 1 fully saturated rings. The molecule has 2 nitrogen and oxygen atoms in total. The van der Waals surface area contributed by atoms with E-state index < -0.39 is 9.84 Å². The summed E-state index contributed by atoms with van der Waals surface area (Å²) >= 11 is 5.80. The maximum absolute atomic E-state index is 11.8. The summed E-state index contributed by atoms with van der Waals surface area (Å²) in [5, 5.41) is 0.718. The van der Waals surface area contributed by atoms with Crippen LogP contribution in [0.5, 0.6) is 0 Å². The second-order valence-electron chi connectivity index (χ2n) is 5.11. The minimum atomic E-state index is -2.84. The van der Waals surface area contributed by atoms with Gasteiger partial charge in [-0.25, -0.2) is 8.42 Å². The van der Waals surface area contributed by atoms with Gasteiger partial charge in [0.05, 0.1) is 11.5 Å². The molecular formula is C14H19ClO2S. The van der Waals surface area contributed by atoms with Gasteiger partial charge in [-0.2, -0.15) is 0 Å². The summed E-state index contributed by atoms with van der Waals surface area (Å²) in [6.45, 7) is 0. The van der Waals surface area contributed by atoms with Gasteiger partial charge in [0.2, 0.25) is 0 Å². The molecule has 1 aromatic carbocycles. The lowest BCUT2D eigenvalue weighted by atomic mass is 10.1. The predicted octanol–water partition coefficient (Wildman–Crippen LogP) is 3.49. The van der Waals surface area contributed by atoms with E-state index in [1.54, 1.807) is 0 Å². The van der Waals surface area contributed by atoms with E-state index in [4.69, 9.17) is 11.6 Å². The first kappa shape index (κ1) is 13.9. The molecule has 0 aromatic heterocycles. The van der Waals surface area contributed by atoms with E-state index in [2.05, 4.69) is 0 Å². The third kappa shape index (κ3) is 4.99. The van der Waals surface area contributed by atoms with Gasteiger partial charge in [-0.1, -0.05) is 36.6 Å². The van der Waals surface area contributed by atoms with Crippen LogP contribution in [0, 0.1) is 5.92 Å². The van der Waals surface area contributed by atoms with E-state index in [9.17, 15) is 8.42 Å². The molecule has 0 N–H and O–H groups in total. The number of rotatable bonds is 7. The Labute approximate surface area is 114 Å². The summed E-state index contributed by atoms with van der Waals surface area (Å²) < 4.78 is 23.6. The molecule has 2 rings (SSSR count). The Hall–Kier alpha value is -0.540. The Morgan fingerprint density at radius 3 is 2.39 bits per heavy atom. The molecule has 0 radical (unpaired) electrons. The summed E-state index contributed by atoms with van der Waals surface area (Å²) in [7, 11) is -2.84. The first-order chi connectivity index (χ1) is 8.55. The quantitative estimate of drug-likeness (QED) is 0.769. The van der Waals surface area contributed by atoms with Crippen LogP contribution in [0.1, 0.15) is 31.2 Å². The summed E-state index contributed by atoms with van der Waals surface area (Å²) in [5.74, 6) is 1.37. The zero-order valence-corrected chi connectivity index (χ0v) is 12.0. The Balaban J connectivity index is 1.71. The summed E-state index contributed by atoms with van der Waals surface area (Å²) in [4.78, 5) is 0. The molecule has 0 aliphatic heterocycles. The van der Waals surface area contributed by atoms with Crippen molar-refractivity contribution in [3.05, 3.63) is 34.9 Å². The maximum Gasteiger partial charge on any atom is 0.150 e. The van der Waals surface area contributed by atoms with Gasteiger partial charge < -0.3 is 0 Å². The van der Waals surface area contributed by atoms with Crippen molar-refractivity contribution in [1.29, 1.82) is 0 Å². The molecule has 0 atom stereocenters. The lowest BCUT2D eigenvalue weighted by molar-refractivity contribution is 0.587. The van der Waals surface area contributed by atoms with Crippen molar-refractivity contribution in [2.45, 2.75) is 32.1 Å². The van der Waals surface area contributed by atoms with Crippen molar-refractivity contribution in [1.82, 2.24) is 0 Å². The van der Waals surface area contributed by atoms with Gasteiger partial charge in [0.15, 0.2) is 0 Å². The topological polar surface area (TPSA) is 34.1 Å². The smallest absolute Gasteiger partial charge is 0.150 e. The number of hydrogen-bond donors (Lipinski definition) is 0. The Kier molecular flexibility index (Phi) is 4.68. The number of hydrogen-bond acceptors (Lipinski definition) is 2. The molecule has 0 bridgehead atoms. The van der Waals surface area contributed by atoms with Crippen LogP contribution < -0.4 is 0 Å². The van der Waals surface area contributed by atoms with Gasteiger partial charge >= 0.3 is 0 Å². The fraction of sp³-hybridized carbons (Fsp3) is 0.571. The molecule has 0 amide bonds. The largest absolute Gasteiger partial charge is 0.229 e. The van der Waals surface area contributed by atoms with Crippen molar-refractivity contribution in [3.63, 3.8) is 0 Å². The van der Waals surface area contributed by atoms with Crippen LogP contribution in [0.3, 0.4) is 0 Å². The zero-order valence-electron chi connectivity index (χ0n) is 10.4. The lowest BCUT2D eigenvalue weighted by Gasteiger charge is -2.04. The van der Waals surface area contributed by atoms with Crippen molar-refractivity contribution >= 4 is 21.4 Å². The van der Waals surface area contributed by atoms with Crippen molar-refractivity contribution in [2.24, 2.45) is 5.92 Å². The molecule has 1 aromatic rings. The molecule has 0 heterocycles. The summed E-state index contributed by atoms with van der Waals surface area (Å²) in [6, 6.07) is 7.61. The van der Waals surface area contributed by atoms with Gasteiger partial charge in [-0.15, -0.1) is 0 Å². The van der Waals surface area contributed by atoms with E-state index in [1.165, 1.54) is 12.8 Å². The number of sulfone groups is 1. The third-order valence-corrected chi connectivity index (χ3v) is 5.39. The first-order valence-corrected chi connectivity index (χ1v) is 8.70. The van der Waals surface area contributed by atoms with Crippen molar-refractivity contribution in [3.8, 4) is 0 Å². The number of halogens is 1. The van der Waals surface area contributed by atoms with E-state index in [0.717, 1.165) is 23.4 Å². The highest BCUT2D eigenvalue weighted by molar-refractivity contribution is 7.91. The normalized spacial score (nSPS) is 15.8. The highest BCUT2D eigenvalue weighted by atomic mass is 35.5. The average Bonchev–Trinajstić information content (AvgIpc) is 3.13. The second kappa shape index (κ2) is 6.07. The van der Waals surface area contributed by atoms with E-state index >= 15 is 0 Å². The molecule has 1 aliphatic rings. The van der Waals surface area contributed by atoms with Crippen LogP contribution in [-0.4, -0.2) is 19.9 Å². The molecular weight excluding hydrogens is 268 g/mol. The summed E-state index contributed by atoms with van der Waals surface area (Å²) in [6.07, 6.45) is 4.82. The Bertz CT molecular complexity index is 475. The van der Waals surface area contributed by atoms with Crippen LogP contribution in [0.4, 0.5) is 0 Å². The molecule has 0 spiro atoms. The Morgan fingerprint density at radius 2 is 1.78 bits per heavy atom. The van der Waals surface area contributed by atoms with Gasteiger partial charge in [0.1, 0.15) is 9.84 Å². The third-order valence-electron chi connectivity index (χ3n) is 3.37. The molecule has 1 saturated carbocycles. The SMILES string of the molecule is O=S(=O)(CCCc1ccc(Cl)cc1)CCC1CC1. The summed E-state index contributed by atoms with van der Waals surface area (Å²) in [5.41, 5.74) is 1.15. The Morgan fingerprint density at radius 1 is 1.11 bits per heavy atom. The molecule has 100 valence electrons. The minimum Gasteiger partial charge on any atom is -0.229 e. The lowest BCUT2D eigenvalue weighted by Crippen LogP contribution is -2.12. The van der Waals surface area contributed by atoms with E-state index in [0.29, 0.717) is 23.8 Å². The van der Waals surface area contributed by atoms with E-state index in [-0.39, 0.29) is 0 Å². The van der Waals surface area contributed by atoms with Crippen LogP contribution >= 0.6 is 11.6 Å². The van der Waals surface area contributed by atoms with Gasteiger partial charge in [0, 0.05) is 5.02 Å². The molecule has 0 unspecified atom stereocenters. The van der Waals surface area contributed by atoms with Crippen LogP contribution in [-0.2, 0) is 16.3 Å². The predicted molar refractivity (Wildman–Crippen MR) is 75.8 cm³/mol. The monoisotopic (exact) mass is 286 g/mol. The maximum atomic E-state index is 11.8. The van der Waals surface area contributed by atoms with Crippen LogP contribution in [0.2, 0.25) is 5.02 Å². The highest BCUT2D eigenvalue weighted by Crippen LogP contribution is 2.32. The number of benzene rings is 1. The molecule has 4 heteroatoms. The van der Waals surface area contributed by atoms with Crippen molar-refractivity contribution in [2.75, 3.05) is 11.5 Å². The fourth-order valence-electron chi connectivity index (χ4n) is 2.00. The first-order valence-electron chi connectivity index (χ1n) is 6.50. The fourth-order valence-corrected chi connectivity index (χ4v) is 3.61. The second-order valence-corrected chi connectivity index (χ2v) is 7.85. The van der Waals surface area contributed by atoms with Gasteiger partial charge in [-0.3, -0.25) is 0 Å². The zero-order chi connectivity index (χ0) is 13.0. The van der Waals surface area contributed by atoms with Gasteiger partial charge in [-0.05, 0) is 42.9 Å². The van der Waals surface area contributed by atoms with E-state index in [1.807, 2.05) is 24.3 Å². The van der Waals surface area contributed by atoms with Crippen LogP contribution in [0.15, 0.2) is 24.3 Å². The molecule has 18 heavy (non-hydrogen) atoms. The molecule has 0 saturated heterocycles. The van der Waals surface area contributed by atoms with Crippen molar-refractivity contribution < 1.29 is 8.42 Å². The van der Waals surface area contributed by atoms with Gasteiger partial charge in [0.25, 0.3) is 0 Å². The number of aryl methyl sites for hydroxylation is 1. The molecule has 1 aliphatic carbocycles. The standard InChI is InChI=1S/C14H19ClO2S/c15-14-7-5-12(6-8-14)2-1-10-18(16,17)11-9-13-3-4-13/h5-8,13H,1-4,9-11H2. The average molecular weight is 287 g/mol. The minimum absolute atomic E-state index is 0.308. The van der Waals surface area contributed by atoms with Crippen LogP contribution in [0.25, 0.3) is 0 Å². The highest BCUT2D eigenvalue weighted by Gasteiger charge is 2.23.